The highest BCUT2D eigenvalue weighted by Crippen LogP contribution is 2.39. The Bertz CT molecular complexity index is 374. The molecule has 0 saturated carbocycles. The van der Waals surface area contributed by atoms with Gasteiger partial charge in [-0.1, -0.05) is 28.0 Å². The number of rotatable bonds is 10. The molecule has 1 aliphatic rings. The third kappa shape index (κ3) is 9.19. The van der Waals surface area contributed by atoms with E-state index < -0.39 is 0 Å². The molecule has 0 aromatic heterocycles. The minimum absolute atomic E-state index is 0.0559. The Hall–Kier alpha value is -0.890. The number of carbonyl (C=O) groups excluding carboxylic acids is 3. The summed E-state index contributed by atoms with van der Waals surface area (Å²) in [4.78, 5) is 34.2. The quantitative estimate of drug-likeness (QED) is 0.406. The van der Waals surface area contributed by atoms with Gasteiger partial charge in [0, 0.05) is 24.0 Å². The number of hydrogen-bond donors (Lipinski definition) is 3. The molecule has 3 N–H and O–H groups in total. The number of hydrogen-bond acceptors (Lipinski definition) is 5. The first kappa shape index (κ1) is 19.2. The van der Waals surface area contributed by atoms with E-state index in [-0.39, 0.29) is 30.8 Å². The molecule has 22 heavy (non-hydrogen) atoms. The van der Waals surface area contributed by atoms with E-state index in [1.54, 1.807) is 0 Å². The van der Waals surface area contributed by atoms with Crippen LogP contribution in [0.5, 0.6) is 0 Å². The van der Waals surface area contributed by atoms with E-state index in [1.165, 1.54) is 12.2 Å². The van der Waals surface area contributed by atoms with Gasteiger partial charge < -0.3 is 16.0 Å². The van der Waals surface area contributed by atoms with Crippen molar-refractivity contribution >= 4 is 39.3 Å². The van der Waals surface area contributed by atoms with Crippen LogP contribution in [-0.4, -0.2) is 48.4 Å². The molecule has 6 nitrogen and oxygen atoms in total. The van der Waals surface area contributed by atoms with E-state index in [0.29, 0.717) is 13.0 Å². The molecule has 1 unspecified atom stereocenters. The Morgan fingerprint density at radius 3 is 2.32 bits per heavy atom. The fourth-order valence-electron chi connectivity index (χ4n) is 1.99. The smallest absolute Gasteiger partial charge is 0.239 e. The summed E-state index contributed by atoms with van der Waals surface area (Å²) < 4.78 is 0. The molecule has 1 heterocycles. The van der Waals surface area contributed by atoms with Crippen molar-refractivity contribution < 1.29 is 14.4 Å². The first-order chi connectivity index (χ1) is 10.6. The van der Waals surface area contributed by atoms with Crippen LogP contribution in [-0.2, 0) is 14.4 Å². The van der Waals surface area contributed by atoms with Crippen molar-refractivity contribution in [1.29, 1.82) is 0 Å². The molecule has 0 aromatic carbocycles. The highest BCUT2D eigenvalue weighted by atomic mass is 33.1. The maximum Gasteiger partial charge on any atom is 0.239 e. The summed E-state index contributed by atoms with van der Waals surface area (Å²) in [5, 5.41) is 8.35. The molecular weight excluding hydrogens is 322 g/mol. The van der Waals surface area contributed by atoms with Gasteiger partial charge in [0.25, 0.3) is 0 Å². The predicted octanol–water partition coefficient (Wildman–Crippen LogP) is 1.07. The molecule has 1 saturated heterocycles. The van der Waals surface area contributed by atoms with Crippen molar-refractivity contribution in [2.45, 2.75) is 44.3 Å². The minimum Gasteiger partial charge on any atom is -0.355 e. The lowest BCUT2D eigenvalue weighted by Gasteiger charge is -2.08. The van der Waals surface area contributed by atoms with Gasteiger partial charge in [0.2, 0.25) is 17.7 Å². The molecule has 1 rings (SSSR count). The van der Waals surface area contributed by atoms with Crippen LogP contribution < -0.4 is 16.0 Å². The molecule has 0 radical (unpaired) electrons. The number of nitrogens with one attached hydrogen (secondary N) is 3. The molecule has 1 fully saturated rings. The molecule has 0 spiro atoms. The van der Waals surface area contributed by atoms with Gasteiger partial charge in [-0.3, -0.25) is 14.4 Å². The highest BCUT2D eigenvalue weighted by molar-refractivity contribution is 8.77. The SMILES string of the molecule is CCNC(=O)CNC(=O)CNC(=O)CCCCC1CCSS1. The summed E-state index contributed by atoms with van der Waals surface area (Å²) in [6, 6.07) is 0. The minimum atomic E-state index is -0.348. The van der Waals surface area contributed by atoms with Crippen molar-refractivity contribution in [3.8, 4) is 0 Å². The second-order valence-corrected chi connectivity index (χ2v) is 7.87. The molecule has 1 atom stereocenters. The largest absolute Gasteiger partial charge is 0.355 e. The Kier molecular flexibility index (Phi) is 10.1. The van der Waals surface area contributed by atoms with Crippen LogP contribution in [0.2, 0.25) is 0 Å². The first-order valence-corrected chi connectivity index (χ1v) is 10.1. The van der Waals surface area contributed by atoms with Crippen LogP contribution in [0.1, 0.15) is 39.0 Å². The van der Waals surface area contributed by atoms with Crippen LogP contribution in [0.4, 0.5) is 0 Å². The average molecular weight is 348 g/mol. The third-order valence-electron chi connectivity index (χ3n) is 3.17. The topological polar surface area (TPSA) is 87.3 Å². The van der Waals surface area contributed by atoms with Gasteiger partial charge in [-0.2, -0.15) is 0 Å². The van der Waals surface area contributed by atoms with Gasteiger partial charge in [0.05, 0.1) is 13.1 Å². The highest BCUT2D eigenvalue weighted by Gasteiger charge is 2.15. The monoisotopic (exact) mass is 347 g/mol. The van der Waals surface area contributed by atoms with E-state index in [4.69, 9.17) is 0 Å². The standard InChI is InChI=1S/C14H25N3O3S2/c1-2-15-13(19)9-17-14(20)10-16-12(18)6-4-3-5-11-7-8-21-22-11/h11H,2-10H2,1H3,(H,15,19)(H,16,18)(H,17,20). The second kappa shape index (κ2) is 11.6. The molecular formula is C14H25N3O3S2. The fourth-order valence-corrected chi connectivity index (χ4v) is 5.02. The van der Waals surface area contributed by atoms with Gasteiger partial charge in [-0.05, 0) is 26.2 Å². The van der Waals surface area contributed by atoms with Gasteiger partial charge in [-0.15, -0.1) is 0 Å². The molecule has 126 valence electrons. The average Bonchev–Trinajstić information content (AvgIpc) is 3.01. The van der Waals surface area contributed by atoms with Crippen LogP contribution in [0.3, 0.4) is 0 Å². The zero-order chi connectivity index (χ0) is 16.2. The van der Waals surface area contributed by atoms with Crippen LogP contribution >= 0.6 is 21.6 Å². The maximum atomic E-state index is 11.6. The van der Waals surface area contributed by atoms with Gasteiger partial charge in [0.1, 0.15) is 0 Å². The molecule has 1 aliphatic heterocycles. The Labute approximate surface area is 139 Å². The third-order valence-corrected chi connectivity index (χ3v) is 6.18. The van der Waals surface area contributed by atoms with Gasteiger partial charge in [-0.25, -0.2) is 0 Å². The summed E-state index contributed by atoms with van der Waals surface area (Å²) in [6.07, 6.45) is 4.79. The summed E-state index contributed by atoms with van der Waals surface area (Å²) in [5.74, 6) is 0.548. The summed E-state index contributed by atoms with van der Waals surface area (Å²) in [6.45, 7) is 2.21. The first-order valence-electron chi connectivity index (χ1n) is 7.70. The number of carbonyl (C=O) groups is 3. The molecule has 0 aromatic rings. The molecule has 3 amide bonds. The van der Waals surface area contributed by atoms with E-state index in [9.17, 15) is 14.4 Å². The summed E-state index contributed by atoms with van der Waals surface area (Å²) >= 11 is 0. The lowest BCUT2D eigenvalue weighted by Crippen LogP contribution is -2.41. The zero-order valence-corrected chi connectivity index (χ0v) is 14.6. The van der Waals surface area contributed by atoms with E-state index >= 15 is 0 Å². The molecule has 0 bridgehead atoms. The van der Waals surface area contributed by atoms with Crippen molar-refractivity contribution in [3.05, 3.63) is 0 Å². The number of unbranched alkanes of at least 4 members (excludes halogenated alkanes) is 1. The normalized spacial score (nSPS) is 17.0. The summed E-state index contributed by atoms with van der Waals surface area (Å²) in [7, 11) is 3.89. The van der Waals surface area contributed by atoms with E-state index in [1.807, 2.05) is 28.5 Å². The number of amides is 3. The Morgan fingerprint density at radius 1 is 1.00 bits per heavy atom. The molecule has 0 aliphatic carbocycles. The van der Waals surface area contributed by atoms with E-state index in [0.717, 1.165) is 24.5 Å². The lowest BCUT2D eigenvalue weighted by atomic mass is 10.1. The van der Waals surface area contributed by atoms with Crippen LogP contribution in [0.25, 0.3) is 0 Å². The van der Waals surface area contributed by atoms with Crippen molar-refractivity contribution in [2.75, 3.05) is 25.4 Å². The maximum absolute atomic E-state index is 11.6. The van der Waals surface area contributed by atoms with E-state index in [2.05, 4.69) is 16.0 Å². The van der Waals surface area contributed by atoms with Crippen LogP contribution in [0, 0.1) is 0 Å². The number of likely N-dealkylation sites (N-methyl/N-ethyl adjacent to an activating group) is 1. The lowest BCUT2D eigenvalue weighted by molar-refractivity contribution is -0.127. The van der Waals surface area contributed by atoms with Gasteiger partial charge >= 0.3 is 0 Å². The zero-order valence-electron chi connectivity index (χ0n) is 13.0. The van der Waals surface area contributed by atoms with Crippen LogP contribution in [0.15, 0.2) is 0 Å². The molecule has 8 heteroatoms. The Morgan fingerprint density at radius 2 is 1.68 bits per heavy atom. The van der Waals surface area contributed by atoms with Crippen molar-refractivity contribution in [3.63, 3.8) is 0 Å². The fraction of sp³-hybridized carbons (Fsp3) is 0.786. The Balaban J connectivity index is 1.97. The van der Waals surface area contributed by atoms with Gasteiger partial charge in [0.15, 0.2) is 0 Å². The van der Waals surface area contributed by atoms with Crippen molar-refractivity contribution in [2.24, 2.45) is 0 Å². The van der Waals surface area contributed by atoms with Crippen molar-refractivity contribution in [1.82, 2.24) is 16.0 Å². The second-order valence-electron chi connectivity index (χ2n) is 5.08. The summed E-state index contributed by atoms with van der Waals surface area (Å²) in [5.41, 5.74) is 0. The predicted molar refractivity (Wildman–Crippen MR) is 91.6 cm³/mol.